The number of hydrogen-bond acceptors (Lipinski definition) is 5. The molecule has 6 nitrogen and oxygen atoms in total. The van der Waals surface area contributed by atoms with Gasteiger partial charge in [0.2, 0.25) is 0 Å². The van der Waals surface area contributed by atoms with Crippen LogP contribution in [0.15, 0.2) is 109 Å². The van der Waals surface area contributed by atoms with E-state index < -0.39 is 12.2 Å². The van der Waals surface area contributed by atoms with E-state index in [0.29, 0.717) is 12.8 Å². The number of nitrogens with zero attached hydrogens (tertiary/aromatic N) is 2. The lowest BCUT2D eigenvalue weighted by molar-refractivity contribution is -0.129. The molecule has 1 saturated heterocycles. The average molecular weight is 493 g/mol. The summed E-state index contributed by atoms with van der Waals surface area (Å²) < 4.78 is 10.6. The van der Waals surface area contributed by atoms with Gasteiger partial charge in [-0.05, 0) is 66.1 Å². The summed E-state index contributed by atoms with van der Waals surface area (Å²) in [7, 11) is 1.62. The van der Waals surface area contributed by atoms with Crippen LogP contribution in [0.1, 0.15) is 11.1 Å². The third kappa shape index (κ3) is 5.48. The van der Waals surface area contributed by atoms with Crippen molar-refractivity contribution in [2.75, 3.05) is 18.6 Å². The number of amides is 2. The van der Waals surface area contributed by atoms with Gasteiger partial charge >= 0.3 is 6.09 Å². The molecule has 0 saturated carbocycles. The molecule has 0 N–H and O–H groups in total. The van der Waals surface area contributed by atoms with E-state index in [0.717, 1.165) is 33.9 Å². The van der Waals surface area contributed by atoms with E-state index in [1.165, 1.54) is 4.90 Å². The largest absolute Gasteiger partial charge is 0.497 e. The van der Waals surface area contributed by atoms with Gasteiger partial charge in [0, 0.05) is 30.0 Å². The second kappa shape index (κ2) is 11.0. The Balaban J connectivity index is 1.26. The van der Waals surface area contributed by atoms with E-state index >= 15 is 0 Å². The molecule has 37 heavy (non-hydrogen) atoms. The predicted octanol–water partition coefficient (Wildman–Crippen LogP) is 6.30. The second-order valence-corrected chi connectivity index (χ2v) is 8.84. The molecule has 4 aromatic carbocycles. The minimum absolute atomic E-state index is 0.280. The Hall–Kier alpha value is -4.58. The zero-order valence-electron chi connectivity index (χ0n) is 20.6. The zero-order chi connectivity index (χ0) is 25.6. The summed E-state index contributed by atoms with van der Waals surface area (Å²) in [4.78, 5) is 28.7. The van der Waals surface area contributed by atoms with Crippen molar-refractivity contribution in [1.82, 2.24) is 4.90 Å². The Morgan fingerprint density at radius 3 is 1.84 bits per heavy atom. The molecule has 0 radical (unpaired) electrons. The smallest absolute Gasteiger partial charge is 0.417 e. The summed E-state index contributed by atoms with van der Waals surface area (Å²) >= 11 is 0. The monoisotopic (exact) mass is 492 g/mol. The topological polar surface area (TPSA) is 59.1 Å². The highest BCUT2D eigenvalue weighted by atomic mass is 16.6. The number of cyclic esters (lactones) is 1. The molecule has 2 amide bonds. The van der Waals surface area contributed by atoms with Gasteiger partial charge in [-0.15, -0.1) is 0 Å². The molecule has 5 rings (SSSR count). The molecule has 0 aliphatic carbocycles. The number of para-hydroxylation sites is 2. The van der Waals surface area contributed by atoms with Crippen molar-refractivity contribution >= 4 is 29.1 Å². The average Bonchev–Trinajstić information content (AvgIpc) is 3.21. The molecule has 1 heterocycles. The highest BCUT2D eigenvalue weighted by molar-refractivity contribution is 6.00. The van der Waals surface area contributed by atoms with E-state index in [-0.39, 0.29) is 12.5 Å². The quantitative estimate of drug-likeness (QED) is 0.275. The van der Waals surface area contributed by atoms with Gasteiger partial charge in [0.1, 0.15) is 5.75 Å². The van der Waals surface area contributed by atoms with Crippen molar-refractivity contribution in [2.45, 2.75) is 18.9 Å². The number of benzene rings is 4. The first kappa shape index (κ1) is 24.1. The lowest BCUT2D eigenvalue weighted by Gasteiger charge is -2.25. The fourth-order valence-electron chi connectivity index (χ4n) is 4.46. The Bertz CT molecular complexity index is 1300. The molecule has 1 fully saturated rings. The van der Waals surface area contributed by atoms with Crippen molar-refractivity contribution in [3.63, 3.8) is 0 Å². The van der Waals surface area contributed by atoms with Gasteiger partial charge in [-0.2, -0.15) is 0 Å². The number of carbonyl (C=O) groups is 2. The number of ether oxygens (including phenoxy) is 2. The fourth-order valence-corrected chi connectivity index (χ4v) is 4.46. The first-order chi connectivity index (χ1) is 18.1. The Kier molecular flexibility index (Phi) is 7.17. The molecule has 4 aromatic rings. The van der Waals surface area contributed by atoms with Crippen LogP contribution < -0.4 is 9.64 Å². The third-order valence-electron chi connectivity index (χ3n) is 6.43. The summed E-state index contributed by atoms with van der Waals surface area (Å²) in [6.45, 7) is 0.280. The van der Waals surface area contributed by atoms with Crippen molar-refractivity contribution in [3.8, 4) is 5.75 Å². The molecular weight excluding hydrogens is 464 g/mol. The van der Waals surface area contributed by atoms with Crippen molar-refractivity contribution in [1.29, 1.82) is 0 Å². The number of rotatable bonds is 9. The number of anilines is 3. The van der Waals surface area contributed by atoms with Crippen LogP contribution in [0.5, 0.6) is 5.75 Å². The minimum Gasteiger partial charge on any atom is -0.497 e. The van der Waals surface area contributed by atoms with E-state index in [1.807, 2.05) is 84.9 Å². The van der Waals surface area contributed by atoms with Gasteiger partial charge in [-0.25, -0.2) is 9.69 Å². The molecule has 0 aromatic heterocycles. The standard InChI is InChI=1S/C31H28N2O4/c1-36-28-18-14-23(15-19-28)20-21-32-30(34)29(37-31(32)35)22-24-12-16-27(17-13-24)33(25-8-4-2-5-9-25)26-10-6-3-7-11-26/h2-19,29H,20-22H2,1H3. The molecule has 0 spiro atoms. The highest BCUT2D eigenvalue weighted by Gasteiger charge is 2.40. The van der Waals surface area contributed by atoms with Crippen LogP contribution in [0.3, 0.4) is 0 Å². The Labute approximate surface area is 216 Å². The summed E-state index contributed by atoms with van der Waals surface area (Å²) in [6.07, 6.45) is -0.505. The summed E-state index contributed by atoms with van der Waals surface area (Å²) in [5.41, 5.74) is 5.04. The van der Waals surface area contributed by atoms with E-state index in [1.54, 1.807) is 7.11 Å². The molecule has 0 bridgehead atoms. The summed E-state index contributed by atoms with van der Waals surface area (Å²) in [5.74, 6) is 0.472. The molecule has 186 valence electrons. The first-order valence-corrected chi connectivity index (χ1v) is 12.3. The maximum absolute atomic E-state index is 12.9. The first-order valence-electron chi connectivity index (χ1n) is 12.3. The Morgan fingerprint density at radius 2 is 1.27 bits per heavy atom. The van der Waals surface area contributed by atoms with Gasteiger partial charge < -0.3 is 14.4 Å². The van der Waals surface area contributed by atoms with Crippen LogP contribution in [0.2, 0.25) is 0 Å². The highest BCUT2D eigenvalue weighted by Crippen LogP contribution is 2.34. The minimum atomic E-state index is -0.812. The normalized spacial score (nSPS) is 14.9. The Morgan fingerprint density at radius 1 is 0.730 bits per heavy atom. The lowest BCUT2D eigenvalue weighted by Crippen LogP contribution is -2.33. The van der Waals surface area contributed by atoms with Gasteiger partial charge in [0.25, 0.3) is 5.91 Å². The van der Waals surface area contributed by atoms with Crippen LogP contribution in [0, 0.1) is 0 Å². The number of imide groups is 1. The van der Waals surface area contributed by atoms with Crippen molar-refractivity contribution in [2.24, 2.45) is 0 Å². The predicted molar refractivity (Wildman–Crippen MR) is 144 cm³/mol. The van der Waals surface area contributed by atoms with Crippen LogP contribution in [0.4, 0.5) is 21.9 Å². The fraction of sp³-hybridized carbons (Fsp3) is 0.161. The molecule has 1 atom stereocenters. The maximum Gasteiger partial charge on any atom is 0.417 e. The number of hydrogen-bond donors (Lipinski definition) is 0. The van der Waals surface area contributed by atoms with Crippen LogP contribution >= 0.6 is 0 Å². The van der Waals surface area contributed by atoms with Crippen molar-refractivity contribution in [3.05, 3.63) is 120 Å². The van der Waals surface area contributed by atoms with E-state index in [4.69, 9.17) is 9.47 Å². The van der Waals surface area contributed by atoms with Gasteiger partial charge in [-0.1, -0.05) is 60.7 Å². The molecule has 1 unspecified atom stereocenters. The molecule has 1 aliphatic heterocycles. The third-order valence-corrected chi connectivity index (χ3v) is 6.43. The van der Waals surface area contributed by atoms with Gasteiger partial charge in [-0.3, -0.25) is 4.79 Å². The lowest BCUT2D eigenvalue weighted by atomic mass is 10.1. The van der Waals surface area contributed by atoms with Crippen LogP contribution in [-0.2, 0) is 22.4 Å². The molecule has 6 heteroatoms. The van der Waals surface area contributed by atoms with Crippen LogP contribution in [0.25, 0.3) is 0 Å². The maximum atomic E-state index is 12.9. The second-order valence-electron chi connectivity index (χ2n) is 8.84. The molecule has 1 aliphatic rings. The number of methoxy groups -OCH3 is 1. The van der Waals surface area contributed by atoms with Gasteiger partial charge in [0.05, 0.1) is 7.11 Å². The summed E-state index contributed by atoms with van der Waals surface area (Å²) in [6, 6.07) is 35.9. The van der Waals surface area contributed by atoms with E-state index in [9.17, 15) is 9.59 Å². The molecular formula is C31H28N2O4. The summed E-state index contributed by atoms with van der Waals surface area (Å²) in [5, 5.41) is 0. The SMILES string of the molecule is COc1ccc(CCN2C(=O)OC(Cc3ccc(N(c4ccccc4)c4ccccc4)cc3)C2=O)cc1. The van der Waals surface area contributed by atoms with Crippen LogP contribution in [-0.4, -0.2) is 36.7 Å². The van der Waals surface area contributed by atoms with Gasteiger partial charge in [0.15, 0.2) is 6.10 Å². The zero-order valence-corrected chi connectivity index (χ0v) is 20.6. The number of carbonyl (C=O) groups excluding carboxylic acids is 2. The van der Waals surface area contributed by atoms with E-state index in [2.05, 4.69) is 29.2 Å². The van der Waals surface area contributed by atoms with Crippen molar-refractivity contribution < 1.29 is 19.1 Å².